The Morgan fingerprint density at radius 2 is 1.95 bits per heavy atom. The highest BCUT2D eigenvalue weighted by Gasteiger charge is 2.23. The highest BCUT2D eigenvalue weighted by atomic mass is 16.5. The van der Waals surface area contributed by atoms with Gasteiger partial charge >= 0.3 is 0 Å². The Bertz CT molecular complexity index is 488. The van der Waals surface area contributed by atoms with Crippen molar-refractivity contribution in [3.8, 4) is 5.75 Å². The van der Waals surface area contributed by atoms with Gasteiger partial charge in [-0.1, -0.05) is 0 Å². The van der Waals surface area contributed by atoms with E-state index in [9.17, 15) is 4.79 Å². The molecule has 0 radical (unpaired) electrons. The van der Waals surface area contributed by atoms with Crippen molar-refractivity contribution in [2.45, 2.75) is 32.2 Å². The zero-order chi connectivity index (χ0) is 15.2. The average molecular weight is 293 g/mol. The minimum absolute atomic E-state index is 0.0985. The Hall–Kier alpha value is -2.05. The van der Waals surface area contributed by atoms with Crippen molar-refractivity contribution < 1.29 is 9.53 Å². The summed E-state index contributed by atoms with van der Waals surface area (Å²) in [5.41, 5.74) is 0. The number of nitrogens with one attached hydrogen (secondary N) is 2. The van der Waals surface area contributed by atoms with Crippen LogP contribution in [0.5, 0.6) is 5.75 Å². The molecule has 1 atom stereocenters. The molecule has 21 heavy (non-hydrogen) atoms. The van der Waals surface area contributed by atoms with Crippen LogP contribution in [0.4, 0.5) is 11.6 Å². The van der Waals surface area contributed by atoms with Crippen molar-refractivity contribution >= 4 is 17.5 Å². The van der Waals surface area contributed by atoms with Crippen molar-refractivity contribution in [1.82, 2.24) is 14.9 Å². The molecule has 1 unspecified atom stereocenters. The number of carbonyl (C=O) groups is 1. The molecule has 1 fully saturated rings. The second-order valence-electron chi connectivity index (χ2n) is 5.11. The topological polar surface area (TPSA) is 79.4 Å². The van der Waals surface area contributed by atoms with Crippen LogP contribution in [0, 0.1) is 0 Å². The molecule has 1 saturated heterocycles. The highest BCUT2D eigenvalue weighted by Crippen LogP contribution is 2.29. The smallest absolute Gasteiger partial charge is 0.244 e. The first-order valence-corrected chi connectivity index (χ1v) is 7.29. The summed E-state index contributed by atoms with van der Waals surface area (Å²) in [6, 6.07) is -0.350. The number of hydrogen-bond acceptors (Lipinski definition) is 6. The summed E-state index contributed by atoms with van der Waals surface area (Å²) in [6.45, 7) is 3.53. The summed E-state index contributed by atoms with van der Waals surface area (Å²) in [7, 11) is 3.32. The fraction of sp³-hybridized carbons (Fsp3) is 0.643. The third-order valence-electron chi connectivity index (χ3n) is 3.64. The Morgan fingerprint density at radius 1 is 1.29 bits per heavy atom. The summed E-state index contributed by atoms with van der Waals surface area (Å²) in [5, 5.41) is 6.07. The lowest BCUT2D eigenvalue weighted by atomic mass is 10.1. The maximum Gasteiger partial charge on any atom is 0.244 e. The maximum atomic E-state index is 12.4. The van der Waals surface area contributed by atoms with E-state index in [-0.39, 0.29) is 11.9 Å². The molecule has 0 aromatic carbocycles. The minimum atomic E-state index is -0.350. The van der Waals surface area contributed by atoms with Crippen molar-refractivity contribution in [3.05, 3.63) is 6.33 Å². The molecule has 2 heterocycles. The van der Waals surface area contributed by atoms with Crippen LogP contribution in [0.25, 0.3) is 0 Å². The monoisotopic (exact) mass is 293 g/mol. The predicted octanol–water partition coefficient (Wildman–Crippen LogP) is 1.34. The van der Waals surface area contributed by atoms with Crippen LogP contribution in [0.15, 0.2) is 6.33 Å². The number of piperidine rings is 1. The number of ether oxygens (including phenoxy) is 1. The molecule has 116 valence electrons. The first-order valence-electron chi connectivity index (χ1n) is 7.29. The number of likely N-dealkylation sites (tertiary alicyclic amines) is 1. The number of carbonyl (C=O) groups excluding carboxylic acids is 1. The van der Waals surface area contributed by atoms with E-state index in [1.54, 1.807) is 14.2 Å². The third-order valence-corrected chi connectivity index (χ3v) is 3.64. The Kier molecular flexibility index (Phi) is 5.19. The summed E-state index contributed by atoms with van der Waals surface area (Å²) < 4.78 is 5.32. The fourth-order valence-corrected chi connectivity index (χ4v) is 2.50. The average Bonchev–Trinajstić information content (AvgIpc) is 2.54. The molecule has 7 heteroatoms. The normalized spacial score (nSPS) is 16.2. The van der Waals surface area contributed by atoms with E-state index in [4.69, 9.17) is 4.74 Å². The summed E-state index contributed by atoms with van der Waals surface area (Å²) in [5.74, 6) is 1.72. The highest BCUT2D eigenvalue weighted by molar-refractivity contribution is 5.84. The van der Waals surface area contributed by atoms with Crippen LogP contribution in [0.3, 0.4) is 0 Å². The zero-order valence-corrected chi connectivity index (χ0v) is 12.8. The summed E-state index contributed by atoms with van der Waals surface area (Å²) in [6.07, 6.45) is 4.81. The number of nitrogens with zero attached hydrogens (tertiary/aromatic N) is 3. The van der Waals surface area contributed by atoms with Gasteiger partial charge in [-0.25, -0.2) is 9.97 Å². The van der Waals surface area contributed by atoms with Crippen LogP contribution in [0.2, 0.25) is 0 Å². The molecule has 2 N–H and O–H groups in total. The van der Waals surface area contributed by atoms with E-state index in [0.717, 1.165) is 25.9 Å². The van der Waals surface area contributed by atoms with Gasteiger partial charge in [0.15, 0.2) is 11.6 Å². The molecule has 1 amide bonds. The Balaban J connectivity index is 2.08. The Labute approximate surface area is 125 Å². The van der Waals surface area contributed by atoms with Gasteiger partial charge < -0.3 is 20.3 Å². The van der Waals surface area contributed by atoms with Crippen LogP contribution >= 0.6 is 0 Å². The molecular weight excluding hydrogens is 270 g/mol. The summed E-state index contributed by atoms with van der Waals surface area (Å²) >= 11 is 0. The molecule has 1 aliphatic rings. The molecule has 7 nitrogen and oxygen atoms in total. The lowest BCUT2D eigenvalue weighted by Gasteiger charge is -2.29. The van der Waals surface area contributed by atoms with Gasteiger partial charge in [-0.05, 0) is 26.2 Å². The van der Waals surface area contributed by atoms with Gasteiger partial charge in [-0.3, -0.25) is 4.79 Å². The second-order valence-corrected chi connectivity index (χ2v) is 5.11. The quantitative estimate of drug-likeness (QED) is 0.853. The minimum Gasteiger partial charge on any atom is -0.490 e. The molecule has 0 aliphatic carbocycles. The van der Waals surface area contributed by atoms with Gasteiger partial charge in [-0.15, -0.1) is 0 Å². The molecular formula is C14H23N5O2. The van der Waals surface area contributed by atoms with Crippen molar-refractivity contribution in [1.29, 1.82) is 0 Å². The number of methoxy groups -OCH3 is 1. The van der Waals surface area contributed by atoms with Gasteiger partial charge in [0, 0.05) is 20.1 Å². The van der Waals surface area contributed by atoms with E-state index >= 15 is 0 Å². The summed E-state index contributed by atoms with van der Waals surface area (Å²) in [4.78, 5) is 22.6. The first kappa shape index (κ1) is 15.3. The largest absolute Gasteiger partial charge is 0.490 e. The lowest BCUT2D eigenvalue weighted by molar-refractivity contribution is -0.132. The number of aromatic nitrogens is 2. The number of anilines is 2. The molecule has 1 aliphatic heterocycles. The molecule has 0 spiro atoms. The van der Waals surface area contributed by atoms with E-state index < -0.39 is 0 Å². The van der Waals surface area contributed by atoms with Crippen LogP contribution in [-0.4, -0.2) is 54.1 Å². The van der Waals surface area contributed by atoms with Gasteiger partial charge in [0.25, 0.3) is 0 Å². The first-order chi connectivity index (χ1) is 10.2. The van der Waals surface area contributed by atoms with Crippen molar-refractivity contribution in [3.63, 3.8) is 0 Å². The van der Waals surface area contributed by atoms with E-state index in [1.807, 2.05) is 11.8 Å². The molecule has 2 rings (SSSR count). The zero-order valence-electron chi connectivity index (χ0n) is 12.8. The van der Waals surface area contributed by atoms with Gasteiger partial charge in [0.1, 0.15) is 12.4 Å². The number of hydrogen-bond donors (Lipinski definition) is 2. The molecule has 1 aromatic heterocycles. The maximum absolute atomic E-state index is 12.4. The van der Waals surface area contributed by atoms with Gasteiger partial charge in [0.2, 0.25) is 11.7 Å². The van der Waals surface area contributed by atoms with Crippen LogP contribution in [-0.2, 0) is 4.79 Å². The van der Waals surface area contributed by atoms with Crippen molar-refractivity contribution in [2.24, 2.45) is 0 Å². The number of rotatable bonds is 5. The molecule has 0 saturated carbocycles. The second kappa shape index (κ2) is 7.10. The van der Waals surface area contributed by atoms with Crippen molar-refractivity contribution in [2.75, 3.05) is 37.9 Å². The third kappa shape index (κ3) is 3.53. The van der Waals surface area contributed by atoms with Gasteiger partial charge in [-0.2, -0.15) is 0 Å². The molecule has 1 aromatic rings. The SMILES string of the molecule is CNc1ncnc(NC(C)C(=O)N2CCCCC2)c1OC. The number of amides is 1. The predicted molar refractivity (Wildman–Crippen MR) is 81.6 cm³/mol. The Morgan fingerprint density at radius 3 is 2.57 bits per heavy atom. The standard InChI is InChI=1S/C14H23N5O2/c1-10(14(20)19-7-5-4-6-8-19)18-13-11(21-3)12(15-2)16-9-17-13/h9-10H,4-8H2,1-3H3,(H2,15,16,17,18). The van der Waals surface area contributed by atoms with Crippen LogP contribution in [0.1, 0.15) is 26.2 Å². The fourth-order valence-electron chi connectivity index (χ4n) is 2.50. The van der Waals surface area contributed by atoms with E-state index in [2.05, 4.69) is 20.6 Å². The van der Waals surface area contributed by atoms with E-state index in [1.165, 1.54) is 12.7 Å². The van der Waals surface area contributed by atoms with Crippen LogP contribution < -0.4 is 15.4 Å². The van der Waals surface area contributed by atoms with Gasteiger partial charge in [0.05, 0.1) is 7.11 Å². The molecule has 0 bridgehead atoms. The lowest BCUT2D eigenvalue weighted by Crippen LogP contribution is -2.44. The van der Waals surface area contributed by atoms with E-state index in [0.29, 0.717) is 17.4 Å².